The van der Waals surface area contributed by atoms with Crippen molar-refractivity contribution in [2.45, 2.75) is 144 Å². The normalized spacial score (nSPS) is 21.1. The number of likely N-dealkylation sites (tertiary alicyclic amines) is 1. The molecular weight excluding hydrogens is 616 g/mol. The number of urea groups is 1. The van der Waals surface area contributed by atoms with E-state index in [4.69, 9.17) is 5.73 Å². The van der Waals surface area contributed by atoms with E-state index < -0.39 is 46.5 Å². The molecule has 0 bridgehead atoms. The van der Waals surface area contributed by atoms with E-state index in [9.17, 15) is 24.0 Å². The number of amides is 5. The van der Waals surface area contributed by atoms with Gasteiger partial charge < -0.3 is 31.9 Å². The van der Waals surface area contributed by atoms with Crippen molar-refractivity contribution in [2.75, 3.05) is 18.8 Å². The Morgan fingerprint density at radius 1 is 0.872 bits per heavy atom. The van der Waals surface area contributed by atoms with Gasteiger partial charge in [0.1, 0.15) is 17.5 Å². The first-order valence-electron chi connectivity index (χ1n) is 17.4. The third-order valence-corrected chi connectivity index (χ3v) is 10.6. The van der Waals surface area contributed by atoms with Gasteiger partial charge in [0.05, 0.1) is 0 Å². The standard InChI is InChI=1S/C35H64N6O5S/c1-21(2)23-17-18-41(25(23)29(44)40-30(26(42)28(36)43)47-19-13-16-22-14-12-15-22)31(45)27(34(6,7)8)39-32(46)38-24(33(3,4)5)20-37-35(9,10)11/h21-25,27,30,37H,12-20H2,1-11H3,(H2,36,43)(H,40,44)(H2,38,39,46)/t23-,24-,25+,27-,30?/m1/s1. The van der Waals surface area contributed by atoms with Gasteiger partial charge in [0.2, 0.25) is 11.8 Å². The minimum absolute atomic E-state index is 0.0659. The van der Waals surface area contributed by atoms with Gasteiger partial charge in [-0.15, -0.1) is 11.8 Å². The van der Waals surface area contributed by atoms with Crippen LogP contribution < -0.4 is 27.0 Å². The Morgan fingerprint density at radius 2 is 1.49 bits per heavy atom. The Balaban J connectivity index is 2.26. The van der Waals surface area contributed by atoms with Gasteiger partial charge in [0.15, 0.2) is 0 Å². The molecule has 47 heavy (non-hydrogen) atoms. The summed E-state index contributed by atoms with van der Waals surface area (Å²) in [6.07, 6.45) is 6.23. The summed E-state index contributed by atoms with van der Waals surface area (Å²) in [6, 6.07) is -2.47. The first-order valence-corrected chi connectivity index (χ1v) is 18.5. The molecule has 0 aromatic rings. The van der Waals surface area contributed by atoms with Crippen molar-refractivity contribution >= 4 is 41.3 Å². The number of ketones is 1. The van der Waals surface area contributed by atoms with Crippen molar-refractivity contribution in [1.29, 1.82) is 0 Å². The summed E-state index contributed by atoms with van der Waals surface area (Å²) in [7, 11) is 0. The number of carbonyl (C=O) groups excluding carboxylic acids is 5. The average Bonchev–Trinajstić information content (AvgIpc) is 3.35. The highest BCUT2D eigenvalue weighted by Crippen LogP contribution is 2.34. The fraction of sp³-hybridized carbons (Fsp3) is 0.857. The third kappa shape index (κ3) is 12.6. The monoisotopic (exact) mass is 680 g/mol. The molecule has 1 aliphatic carbocycles. The number of nitrogens with one attached hydrogen (secondary N) is 4. The van der Waals surface area contributed by atoms with Gasteiger partial charge in [-0.3, -0.25) is 19.2 Å². The third-order valence-electron chi connectivity index (χ3n) is 9.45. The van der Waals surface area contributed by atoms with Crippen molar-refractivity contribution in [3.05, 3.63) is 0 Å². The van der Waals surface area contributed by atoms with Crippen LogP contribution in [0.25, 0.3) is 0 Å². The van der Waals surface area contributed by atoms with E-state index in [0.29, 0.717) is 31.2 Å². The summed E-state index contributed by atoms with van der Waals surface area (Å²) >= 11 is 1.22. The van der Waals surface area contributed by atoms with E-state index in [1.807, 2.05) is 34.6 Å². The molecular formula is C35H64N6O5S. The van der Waals surface area contributed by atoms with Crippen LogP contribution in [0.1, 0.15) is 115 Å². The van der Waals surface area contributed by atoms with E-state index in [0.717, 1.165) is 12.8 Å². The molecule has 5 atom stereocenters. The van der Waals surface area contributed by atoms with Crippen molar-refractivity contribution in [2.24, 2.45) is 34.3 Å². The molecule has 1 unspecified atom stereocenters. The second kappa shape index (κ2) is 16.9. The molecule has 1 aliphatic heterocycles. The highest BCUT2D eigenvalue weighted by molar-refractivity contribution is 8.00. The maximum atomic E-state index is 14.3. The maximum absolute atomic E-state index is 14.3. The topological polar surface area (TPSA) is 163 Å². The molecule has 0 aromatic carbocycles. The molecule has 2 aliphatic rings. The van der Waals surface area contributed by atoms with Gasteiger partial charge in [-0.2, -0.15) is 0 Å². The Morgan fingerprint density at radius 3 is 1.96 bits per heavy atom. The Bertz CT molecular complexity index is 1110. The maximum Gasteiger partial charge on any atom is 0.315 e. The number of rotatable bonds is 15. The first kappa shape index (κ1) is 40.8. The molecule has 12 heteroatoms. The minimum atomic E-state index is -1.12. The number of primary amides is 1. The number of hydrogen-bond acceptors (Lipinski definition) is 7. The van der Waals surface area contributed by atoms with Gasteiger partial charge in [-0.1, -0.05) is 74.7 Å². The van der Waals surface area contributed by atoms with Gasteiger partial charge in [-0.05, 0) is 74.4 Å². The largest absolute Gasteiger partial charge is 0.363 e. The number of nitrogens with two attached hydrogens (primary N) is 1. The Labute approximate surface area is 287 Å². The molecule has 2 rings (SSSR count). The number of thioether (sulfide) groups is 1. The van der Waals surface area contributed by atoms with Crippen molar-refractivity contribution in [3.8, 4) is 0 Å². The van der Waals surface area contributed by atoms with Crippen LogP contribution in [-0.2, 0) is 19.2 Å². The van der Waals surface area contributed by atoms with E-state index in [-0.39, 0.29) is 34.7 Å². The van der Waals surface area contributed by atoms with E-state index in [1.54, 1.807) is 4.90 Å². The number of nitrogens with zero attached hydrogens (tertiary/aromatic N) is 1. The SMILES string of the molecule is CC(C)[C@H]1CCN(C(=O)[C@@H](NC(=O)N[C@H](CNC(C)(C)C)C(C)(C)C)C(C)(C)C)[C@@H]1C(=O)NC(SCCCC1CCC1)C(=O)C(N)=O. The average molecular weight is 681 g/mol. The Hall–Kier alpha value is -2.34. The quantitative estimate of drug-likeness (QED) is 0.0984. The lowest BCUT2D eigenvalue weighted by Crippen LogP contribution is -2.62. The molecule has 270 valence electrons. The number of hydrogen-bond donors (Lipinski definition) is 5. The van der Waals surface area contributed by atoms with Crippen molar-refractivity contribution in [1.82, 2.24) is 26.2 Å². The van der Waals surface area contributed by atoms with Crippen LogP contribution in [0.15, 0.2) is 0 Å². The molecule has 0 spiro atoms. The summed E-state index contributed by atoms with van der Waals surface area (Å²) in [6.45, 7) is 22.9. The highest BCUT2D eigenvalue weighted by Gasteiger charge is 2.48. The van der Waals surface area contributed by atoms with Crippen LogP contribution in [-0.4, -0.2) is 82.3 Å². The Kier molecular flexibility index (Phi) is 14.6. The second-order valence-electron chi connectivity index (χ2n) is 17.1. The molecule has 0 radical (unpaired) electrons. The van der Waals surface area contributed by atoms with Crippen LogP contribution >= 0.6 is 11.8 Å². The zero-order chi connectivity index (χ0) is 35.9. The summed E-state index contributed by atoms with van der Waals surface area (Å²) in [4.78, 5) is 68.0. The molecule has 1 heterocycles. The fourth-order valence-corrected chi connectivity index (χ4v) is 7.14. The summed E-state index contributed by atoms with van der Waals surface area (Å²) < 4.78 is 0. The van der Waals surface area contributed by atoms with Gasteiger partial charge in [0, 0.05) is 24.7 Å². The summed E-state index contributed by atoms with van der Waals surface area (Å²) in [5.74, 6) is -1.59. The molecule has 0 aromatic heterocycles. The summed E-state index contributed by atoms with van der Waals surface area (Å²) in [5, 5.41) is 11.1. The molecule has 1 saturated heterocycles. The fourth-order valence-electron chi connectivity index (χ4n) is 6.11. The minimum Gasteiger partial charge on any atom is -0.363 e. The summed E-state index contributed by atoms with van der Waals surface area (Å²) in [5.41, 5.74) is 4.30. The number of Topliss-reactive ketones (excluding diaryl/α,β-unsaturated/α-hetero) is 1. The zero-order valence-corrected chi connectivity index (χ0v) is 31.7. The van der Waals surface area contributed by atoms with Crippen LogP contribution in [0.4, 0.5) is 4.79 Å². The smallest absolute Gasteiger partial charge is 0.315 e. The lowest BCUT2D eigenvalue weighted by atomic mass is 9.82. The second-order valence-corrected chi connectivity index (χ2v) is 18.3. The van der Waals surface area contributed by atoms with Crippen LogP contribution in [0.3, 0.4) is 0 Å². The number of carbonyl (C=O) groups is 5. The van der Waals surface area contributed by atoms with Crippen LogP contribution in [0, 0.1) is 28.6 Å². The van der Waals surface area contributed by atoms with Crippen molar-refractivity contribution < 1.29 is 24.0 Å². The zero-order valence-electron chi connectivity index (χ0n) is 30.9. The molecule has 1 saturated carbocycles. The molecule has 11 nitrogen and oxygen atoms in total. The molecule has 2 fully saturated rings. The van der Waals surface area contributed by atoms with Crippen LogP contribution in [0.2, 0.25) is 0 Å². The van der Waals surface area contributed by atoms with E-state index >= 15 is 0 Å². The first-order chi connectivity index (χ1) is 21.5. The van der Waals surface area contributed by atoms with Crippen molar-refractivity contribution in [3.63, 3.8) is 0 Å². The van der Waals surface area contributed by atoms with Crippen LogP contribution in [0.5, 0.6) is 0 Å². The van der Waals surface area contributed by atoms with Gasteiger partial charge in [-0.25, -0.2) is 4.79 Å². The van der Waals surface area contributed by atoms with E-state index in [1.165, 1.54) is 31.0 Å². The van der Waals surface area contributed by atoms with E-state index in [2.05, 4.69) is 62.8 Å². The lowest BCUT2D eigenvalue weighted by Gasteiger charge is -2.38. The lowest BCUT2D eigenvalue weighted by molar-refractivity contribution is -0.143. The predicted octanol–water partition coefficient (Wildman–Crippen LogP) is 4.19. The van der Waals surface area contributed by atoms with Gasteiger partial charge >= 0.3 is 6.03 Å². The van der Waals surface area contributed by atoms with Gasteiger partial charge in [0.25, 0.3) is 11.7 Å². The molecule has 6 N–H and O–H groups in total. The highest BCUT2D eigenvalue weighted by atomic mass is 32.2. The predicted molar refractivity (Wildman–Crippen MR) is 190 cm³/mol. The molecule has 5 amide bonds.